The van der Waals surface area contributed by atoms with Crippen LogP contribution in [0.2, 0.25) is 0 Å². The average molecular weight is 338 g/mol. The molecule has 6 heteroatoms. The van der Waals surface area contributed by atoms with Crippen molar-refractivity contribution >= 4 is 17.0 Å². The van der Waals surface area contributed by atoms with Gasteiger partial charge in [0.2, 0.25) is 0 Å². The van der Waals surface area contributed by atoms with Crippen LogP contribution in [-0.2, 0) is 17.7 Å². The molecule has 0 amide bonds. The Labute approximate surface area is 146 Å². The second-order valence-electron chi connectivity index (χ2n) is 5.83. The van der Waals surface area contributed by atoms with Gasteiger partial charge in [-0.15, -0.1) is 0 Å². The minimum absolute atomic E-state index is 0.319. The maximum atomic E-state index is 12.7. The number of aryl methyl sites for hydroxylation is 3. The van der Waals surface area contributed by atoms with E-state index in [1.807, 2.05) is 31.5 Å². The largest absolute Gasteiger partial charge is 0.462 e. The topological polar surface area (TPSA) is 69.9 Å². The van der Waals surface area contributed by atoms with Crippen molar-refractivity contribution in [2.75, 3.05) is 6.61 Å². The van der Waals surface area contributed by atoms with Gasteiger partial charge in [0.25, 0.3) is 0 Å². The zero-order valence-corrected chi connectivity index (χ0v) is 15.0. The van der Waals surface area contributed by atoms with Crippen LogP contribution < -0.4 is 0 Å². The Kier molecular flexibility index (Phi) is 4.79. The van der Waals surface area contributed by atoms with Crippen molar-refractivity contribution in [3.63, 3.8) is 0 Å². The number of rotatable bonds is 5. The zero-order valence-electron chi connectivity index (χ0n) is 15.0. The highest BCUT2D eigenvalue weighted by Crippen LogP contribution is 2.34. The Morgan fingerprint density at radius 2 is 2.00 bits per heavy atom. The normalized spacial score (nSPS) is 11.0. The summed E-state index contributed by atoms with van der Waals surface area (Å²) in [6, 6.07) is 2.02. The maximum absolute atomic E-state index is 12.7. The smallest absolute Gasteiger partial charge is 0.340 e. The Morgan fingerprint density at radius 1 is 1.20 bits per heavy atom. The summed E-state index contributed by atoms with van der Waals surface area (Å²) in [5.74, 6) is -0.352. The molecule has 0 unspecified atom stereocenters. The number of esters is 1. The molecule has 0 spiro atoms. The summed E-state index contributed by atoms with van der Waals surface area (Å²) in [7, 11) is 0. The molecule has 0 saturated heterocycles. The van der Waals surface area contributed by atoms with E-state index in [1.165, 1.54) is 0 Å². The van der Waals surface area contributed by atoms with Crippen LogP contribution >= 0.6 is 0 Å². The summed E-state index contributed by atoms with van der Waals surface area (Å²) in [5.41, 5.74) is 4.72. The summed E-state index contributed by atoms with van der Waals surface area (Å²) in [6.45, 7) is 8.83. The fourth-order valence-electron chi connectivity index (χ4n) is 3.04. The first-order valence-electron chi connectivity index (χ1n) is 8.58. The molecule has 3 aromatic rings. The lowest BCUT2D eigenvalue weighted by molar-refractivity contribution is 0.0525. The van der Waals surface area contributed by atoms with E-state index in [2.05, 4.69) is 10.1 Å². The second-order valence-corrected chi connectivity index (χ2v) is 5.83. The molecule has 0 aliphatic rings. The van der Waals surface area contributed by atoms with Gasteiger partial charge < -0.3 is 4.74 Å². The van der Waals surface area contributed by atoms with Gasteiger partial charge >= 0.3 is 5.97 Å². The Balaban J connectivity index is 2.41. The van der Waals surface area contributed by atoms with Crippen LogP contribution in [0.15, 0.2) is 24.7 Å². The van der Waals surface area contributed by atoms with E-state index >= 15 is 0 Å². The molecule has 0 aliphatic carbocycles. The zero-order chi connectivity index (χ0) is 18.0. The van der Waals surface area contributed by atoms with Crippen LogP contribution in [0.4, 0.5) is 0 Å². The lowest BCUT2D eigenvalue weighted by atomic mass is 9.95. The molecule has 0 aliphatic heterocycles. The van der Waals surface area contributed by atoms with Gasteiger partial charge in [-0.3, -0.25) is 4.98 Å². The second kappa shape index (κ2) is 7.01. The standard InChI is InChI=1S/C19H22N4O2/c1-5-15-17(19(24)25-7-3)16(13-8-12(4)9-20-10-13)14-11-21-23(6-2)18(14)22-15/h8-11H,5-7H2,1-4H3. The predicted molar refractivity (Wildman–Crippen MR) is 96.5 cm³/mol. The number of hydrogen-bond acceptors (Lipinski definition) is 5. The summed E-state index contributed by atoms with van der Waals surface area (Å²) in [6.07, 6.45) is 5.96. The third kappa shape index (κ3) is 2.99. The van der Waals surface area contributed by atoms with Crippen molar-refractivity contribution in [1.29, 1.82) is 0 Å². The number of carbonyl (C=O) groups is 1. The first-order valence-corrected chi connectivity index (χ1v) is 8.58. The summed E-state index contributed by atoms with van der Waals surface area (Å²) >= 11 is 0. The lowest BCUT2D eigenvalue weighted by Gasteiger charge is -2.14. The molecule has 0 atom stereocenters. The van der Waals surface area contributed by atoms with Crippen LogP contribution in [0.1, 0.15) is 42.4 Å². The lowest BCUT2D eigenvalue weighted by Crippen LogP contribution is -2.13. The van der Waals surface area contributed by atoms with Gasteiger partial charge in [0.05, 0.1) is 24.1 Å². The molecule has 6 nitrogen and oxygen atoms in total. The van der Waals surface area contributed by atoms with Crippen molar-refractivity contribution in [2.24, 2.45) is 0 Å². The highest BCUT2D eigenvalue weighted by molar-refractivity contribution is 6.07. The predicted octanol–water partition coefficient (Wildman–Crippen LogP) is 3.56. The molecule has 0 radical (unpaired) electrons. The molecular formula is C19H22N4O2. The highest BCUT2D eigenvalue weighted by Gasteiger charge is 2.24. The van der Waals surface area contributed by atoms with Gasteiger partial charge in [0, 0.05) is 35.5 Å². The fourth-order valence-corrected chi connectivity index (χ4v) is 3.04. The van der Waals surface area contributed by atoms with E-state index in [0.29, 0.717) is 25.1 Å². The Morgan fingerprint density at radius 3 is 2.64 bits per heavy atom. The number of hydrogen-bond donors (Lipinski definition) is 0. The van der Waals surface area contributed by atoms with E-state index in [1.54, 1.807) is 25.5 Å². The van der Waals surface area contributed by atoms with Crippen molar-refractivity contribution in [3.8, 4) is 11.1 Å². The molecular weight excluding hydrogens is 316 g/mol. The quantitative estimate of drug-likeness (QED) is 0.665. The Hall–Kier alpha value is -2.76. The summed E-state index contributed by atoms with van der Waals surface area (Å²) in [4.78, 5) is 21.7. The van der Waals surface area contributed by atoms with Crippen molar-refractivity contribution in [1.82, 2.24) is 19.7 Å². The SMILES string of the molecule is CCOC(=O)c1c(CC)nc2c(cnn2CC)c1-c1cncc(C)c1. The molecule has 3 heterocycles. The molecule has 0 bridgehead atoms. The molecule has 3 rings (SSSR count). The average Bonchev–Trinajstić information content (AvgIpc) is 3.02. The first-order chi connectivity index (χ1) is 12.1. The van der Waals surface area contributed by atoms with Crippen LogP contribution in [0, 0.1) is 6.92 Å². The van der Waals surface area contributed by atoms with Crippen LogP contribution in [0.3, 0.4) is 0 Å². The third-order valence-corrected chi connectivity index (χ3v) is 4.14. The molecule has 130 valence electrons. The van der Waals surface area contributed by atoms with Gasteiger partial charge in [-0.2, -0.15) is 5.10 Å². The van der Waals surface area contributed by atoms with Crippen LogP contribution in [-0.4, -0.2) is 32.3 Å². The first kappa shape index (κ1) is 17.1. The number of fused-ring (bicyclic) bond motifs is 1. The third-order valence-electron chi connectivity index (χ3n) is 4.14. The molecule has 25 heavy (non-hydrogen) atoms. The molecule has 3 aromatic heterocycles. The number of pyridine rings is 2. The minimum Gasteiger partial charge on any atom is -0.462 e. The van der Waals surface area contributed by atoms with Gasteiger partial charge in [-0.25, -0.2) is 14.5 Å². The summed E-state index contributed by atoms with van der Waals surface area (Å²) in [5, 5.41) is 5.27. The van der Waals surface area contributed by atoms with Crippen molar-refractivity contribution in [3.05, 3.63) is 41.5 Å². The van der Waals surface area contributed by atoms with Gasteiger partial charge in [0.15, 0.2) is 5.65 Å². The number of nitrogens with zero attached hydrogens (tertiary/aromatic N) is 4. The monoisotopic (exact) mass is 338 g/mol. The van der Waals surface area contributed by atoms with Crippen molar-refractivity contribution in [2.45, 2.75) is 40.7 Å². The van der Waals surface area contributed by atoms with E-state index in [-0.39, 0.29) is 5.97 Å². The van der Waals surface area contributed by atoms with E-state index in [4.69, 9.17) is 9.72 Å². The number of carbonyl (C=O) groups excluding carboxylic acids is 1. The fraction of sp³-hybridized carbons (Fsp3) is 0.368. The van der Waals surface area contributed by atoms with Gasteiger partial charge in [-0.1, -0.05) is 6.92 Å². The summed E-state index contributed by atoms with van der Waals surface area (Å²) < 4.78 is 7.16. The Bertz CT molecular complexity index is 931. The van der Waals surface area contributed by atoms with Crippen LogP contribution in [0.25, 0.3) is 22.2 Å². The number of ether oxygens (including phenoxy) is 1. The van der Waals surface area contributed by atoms with Gasteiger partial charge in [-0.05, 0) is 38.8 Å². The highest BCUT2D eigenvalue weighted by atomic mass is 16.5. The number of aromatic nitrogens is 4. The molecule has 0 N–H and O–H groups in total. The van der Waals surface area contributed by atoms with Crippen LogP contribution in [0.5, 0.6) is 0 Å². The minimum atomic E-state index is -0.352. The van der Waals surface area contributed by atoms with Gasteiger partial charge in [0.1, 0.15) is 0 Å². The van der Waals surface area contributed by atoms with Crippen molar-refractivity contribution < 1.29 is 9.53 Å². The van der Waals surface area contributed by atoms with E-state index in [9.17, 15) is 4.79 Å². The molecule has 0 aromatic carbocycles. The molecule has 0 saturated carbocycles. The molecule has 0 fully saturated rings. The maximum Gasteiger partial charge on any atom is 0.340 e. The van der Waals surface area contributed by atoms with E-state index in [0.717, 1.165) is 33.4 Å². The van der Waals surface area contributed by atoms with E-state index < -0.39 is 0 Å².